The Morgan fingerprint density at radius 3 is 2.58 bits per heavy atom. The smallest absolute Gasteiger partial charge is 0.260 e. The van der Waals surface area contributed by atoms with Crippen LogP contribution in [0.1, 0.15) is 27.3 Å². The maximum absolute atomic E-state index is 12.2. The molecule has 19 heavy (non-hydrogen) atoms. The van der Waals surface area contributed by atoms with Gasteiger partial charge in [0.05, 0.1) is 11.3 Å². The Bertz CT molecular complexity index is 688. The summed E-state index contributed by atoms with van der Waals surface area (Å²) >= 11 is 0. The van der Waals surface area contributed by atoms with E-state index in [-0.39, 0.29) is 11.7 Å². The summed E-state index contributed by atoms with van der Waals surface area (Å²) in [5, 5.41) is 19.8. The van der Waals surface area contributed by atoms with Crippen molar-refractivity contribution in [3.8, 4) is 6.07 Å². The molecule has 0 fully saturated rings. The van der Waals surface area contributed by atoms with Crippen molar-refractivity contribution in [3.63, 3.8) is 0 Å². The molecule has 0 aromatic carbocycles. The number of hydrogen-bond donors (Lipinski definition) is 1. The first kappa shape index (κ1) is 12.8. The first-order valence-corrected chi connectivity index (χ1v) is 5.69. The van der Waals surface area contributed by atoms with E-state index in [4.69, 9.17) is 5.26 Å². The van der Waals surface area contributed by atoms with Crippen LogP contribution in [0.25, 0.3) is 0 Å². The molecule has 0 bridgehead atoms. The fourth-order valence-corrected chi connectivity index (χ4v) is 1.93. The zero-order valence-corrected chi connectivity index (χ0v) is 11.2. The second-order valence-electron chi connectivity index (χ2n) is 4.30. The van der Waals surface area contributed by atoms with Crippen LogP contribution in [0.4, 0.5) is 5.82 Å². The monoisotopic (exact) mass is 258 g/mol. The number of nitrogens with one attached hydrogen (secondary N) is 1. The molecule has 7 nitrogen and oxygen atoms in total. The van der Waals surface area contributed by atoms with E-state index in [1.54, 1.807) is 31.9 Å². The van der Waals surface area contributed by atoms with Crippen LogP contribution in [0.2, 0.25) is 0 Å². The highest BCUT2D eigenvalue weighted by Gasteiger charge is 2.19. The van der Waals surface area contributed by atoms with Crippen molar-refractivity contribution in [2.24, 2.45) is 14.1 Å². The van der Waals surface area contributed by atoms with Gasteiger partial charge >= 0.3 is 0 Å². The molecular weight excluding hydrogens is 244 g/mol. The summed E-state index contributed by atoms with van der Waals surface area (Å²) in [6, 6.07) is 1.99. The van der Waals surface area contributed by atoms with Gasteiger partial charge in [-0.3, -0.25) is 14.2 Å². The molecule has 0 aliphatic carbocycles. The van der Waals surface area contributed by atoms with E-state index < -0.39 is 0 Å². The van der Waals surface area contributed by atoms with Gasteiger partial charge in [0.25, 0.3) is 5.91 Å². The van der Waals surface area contributed by atoms with Crippen molar-refractivity contribution >= 4 is 11.7 Å². The quantitative estimate of drug-likeness (QED) is 0.866. The van der Waals surface area contributed by atoms with E-state index in [1.807, 2.05) is 13.0 Å². The number of nitrogens with zero attached hydrogens (tertiary/aromatic N) is 5. The van der Waals surface area contributed by atoms with Crippen molar-refractivity contribution in [1.29, 1.82) is 5.26 Å². The Morgan fingerprint density at radius 1 is 1.37 bits per heavy atom. The molecule has 98 valence electrons. The molecule has 0 aliphatic rings. The molecule has 1 amide bonds. The van der Waals surface area contributed by atoms with Gasteiger partial charge in [0, 0.05) is 26.0 Å². The van der Waals surface area contributed by atoms with Gasteiger partial charge in [0.15, 0.2) is 5.82 Å². The summed E-state index contributed by atoms with van der Waals surface area (Å²) in [5.74, 6) is -0.0454. The number of aryl methyl sites for hydroxylation is 3. The lowest BCUT2D eigenvalue weighted by Crippen LogP contribution is -2.15. The van der Waals surface area contributed by atoms with Crippen LogP contribution in [0, 0.1) is 25.2 Å². The number of carbonyl (C=O) groups excluding carboxylic acids is 1. The summed E-state index contributed by atoms with van der Waals surface area (Å²) in [6.07, 6.45) is 1.55. The van der Waals surface area contributed by atoms with Crippen molar-refractivity contribution in [3.05, 3.63) is 28.7 Å². The molecular formula is C12H14N6O. The van der Waals surface area contributed by atoms with Gasteiger partial charge in [-0.1, -0.05) is 0 Å². The molecule has 0 saturated carbocycles. The zero-order chi connectivity index (χ0) is 14.2. The molecule has 2 aromatic heterocycles. The number of rotatable bonds is 2. The summed E-state index contributed by atoms with van der Waals surface area (Å²) in [5.41, 5.74) is 2.25. The standard InChI is InChI=1S/C12H14N6O/c1-7-10(8(2)18(4)15-7)12(19)14-11-9(5-13)6-17(3)16-11/h6H,1-4H3,(H,14,16,19). The molecule has 0 saturated heterocycles. The SMILES string of the molecule is Cc1nn(C)c(C)c1C(=O)Nc1nn(C)cc1C#N. The molecule has 0 aliphatic heterocycles. The molecule has 2 rings (SSSR count). The van der Waals surface area contributed by atoms with E-state index in [2.05, 4.69) is 15.5 Å². The minimum Gasteiger partial charge on any atom is -0.304 e. The Labute approximate surface area is 110 Å². The van der Waals surface area contributed by atoms with Crippen LogP contribution >= 0.6 is 0 Å². The molecule has 0 atom stereocenters. The van der Waals surface area contributed by atoms with E-state index in [0.717, 1.165) is 5.69 Å². The molecule has 0 spiro atoms. The van der Waals surface area contributed by atoms with Crippen molar-refractivity contribution in [1.82, 2.24) is 19.6 Å². The molecule has 0 unspecified atom stereocenters. The van der Waals surface area contributed by atoms with Crippen LogP contribution in [-0.4, -0.2) is 25.5 Å². The fourth-order valence-electron chi connectivity index (χ4n) is 1.93. The lowest BCUT2D eigenvalue weighted by Gasteiger charge is -2.03. The summed E-state index contributed by atoms with van der Waals surface area (Å²) in [7, 11) is 3.47. The third kappa shape index (κ3) is 2.20. The Kier molecular flexibility index (Phi) is 3.09. The van der Waals surface area contributed by atoms with Crippen LogP contribution in [0.15, 0.2) is 6.20 Å². The highest BCUT2D eigenvalue weighted by molar-refractivity contribution is 6.05. The average molecular weight is 258 g/mol. The third-order valence-corrected chi connectivity index (χ3v) is 2.92. The maximum Gasteiger partial charge on any atom is 0.260 e. The zero-order valence-electron chi connectivity index (χ0n) is 11.2. The largest absolute Gasteiger partial charge is 0.304 e. The van der Waals surface area contributed by atoms with Gasteiger partial charge in [0.2, 0.25) is 0 Å². The number of amides is 1. The van der Waals surface area contributed by atoms with E-state index in [1.165, 1.54) is 4.68 Å². The van der Waals surface area contributed by atoms with Crippen molar-refractivity contribution in [2.75, 3.05) is 5.32 Å². The minimum atomic E-state index is -0.307. The van der Waals surface area contributed by atoms with Crippen LogP contribution in [-0.2, 0) is 14.1 Å². The first-order valence-electron chi connectivity index (χ1n) is 5.69. The maximum atomic E-state index is 12.2. The first-order chi connectivity index (χ1) is 8.93. The number of anilines is 1. The highest BCUT2D eigenvalue weighted by Crippen LogP contribution is 2.16. The number of carbonyl (C=O) groups is 1. The Balaban J connectivity index is 2.34. The number of nitriles is 1. The second kappa shape index (κ2) is 4.57. The number of aromatic nitrogens is 4. The summed E-state index contributed by atoms with van der Waals surface area (Å²) in [4.78, 5) is 12.2. The van der Waals surface area contributed by atoms with Crippen molar-refractivity contribution < 1.29 is 4.79 Å². The highest BCUT2D eigenvalue weighted by atomic mass is 16.1. The minimum absolute atomic E-state index is 0.262. The van der Waals surface area contributed by atoms with Gasteiger partial charge in [-0.25, -0.2) is 0 Å². The average Bonchev–Trinajstić information content (AvgIpc) is 2.80. The molecule has 7 heteroatoms. The lowest BCUT2D eigenvalue weighted by atomic mass is 10.2. The predicted molar refractivity (Wildman–Crippen MR) is 68.6 cm³/mol. The lowest BCUT2D eigenvalue weighted by molar-refractivity contribution is 0.102. The van der Waals surface area contributed by atoms with Gasteiger partial charge in [0.1, 0.15) is 11.6 Å². The Morgan fingerprint density at radius 2 is 2.05 bits per heavy atom. The van der Waals surface area contributed by atoms with Crippen molar-refractivity contribution in [2.45, 2.75) is 13.8 Å². The Hall–Kier alpha value is -2.62. The van der Waals surface area contributed by atoms with Gasteiger partial charge in [-0.15, -0.1) is 0 Å². The summed E-state index contributed by atoms with van der Waals surface area (Å²) in [6.45, 7) is 3.59. The molecule has 2 aromatic rings. The topological polar surface area (TPSA) is 88.5 Å². The number of hydrogen-bond acceptors (Lipinski definition) is 4. The molecule has 0 radical (unpaired) electrons. The van der Waals surface area contributed by atoms with E-state index in [9.17, 15) is 4.79 Å². The van der Waals surface area contributed by atoms with Crippen LogP contribution < -0.4 is 5.32 Å². The van der Waals surface area contributed by atoms with Gasteiger partial charge in [-0.2, -0.15) is 15.5 Å². The fraction of sp³-hybridized carbons (Fsp3) is 0.333. The normalized spacial score (nSPS) is 10.3. The van der Waals surface area contributed by atoms with E-state index in [0.29, 0.717) is 16.8 Å². The second-order valence-corrected chi connectivity index (χ2v) is 4.30. The predicted octanol–water partition coefficient (Wildman–Crippen LogP) is 0.894. The van der Waals surface area contributed by atoms with E-state index >= 15 is 0 Å². The summed E-state index contributed by atoms with van der Waals surface area (Å²) < 4.78 is 3.13. The van der Waals surface area contributed by atoms with Crippen LogP contribution in [0.3, 0.4) is 0 Å². The van der Waals surface area contributed by atoms with Crippen LogP contribution in [0.5, 0.6) is 0 Å². The molecule has 1 N–H and O–H groups in total. The van der Waals surface area contributed by atoms with Gasteiger partial charge in [-0.05, 0) is 13.8 Å². The molecule has 2 heterocycles. The third-order valence-electron chi connectivity index (χ3n) is 2.92. The van der Waals surface area contributed by atoms with Gasteiger partial charge < -0.3 is 5.32 Å².